The Kier molecular flexibility index (Phi) is 13.0. The Balaban J connectivity index is 4.98. The maximum Gasteiger partial charge on any atom is 0.326 e. The molecule has 31 heavy (non-hydrogen) atoms. The summed E-state index contributed by atoms with van der Waals surface area (Å²) in [6.07, 6.45) is 1.78. The van der Waals surface area contributed by atoms with Gasteiger partial charge in [-0.2, -0.15) is 0 Å². The standard InChI is InChI=1S/C22H42N4O5/c1-8-14(5)18(22(30)31)25-17(27)10-11-24-20(28)19(15(6)9-2)26(7)21(29)16(23)12-13(3)4/h13-16,18-19H,8-12,23H2,1-7H3,(H,24,28)(H,25,27)(H,30,31)/t14-,15-,16+,18+,19-/m0/s1. The first-order valence-electron chi connectivity index (χ1n) is 11.2. The average molecular weight is 443 g/mol. The molecule has 0 aliphatic rings. The van der Waals surface area contributed by atoms with Crippen LogP contribution in [0, 0.1) is 17.8 Å². The molecule has 0 saturated heterocycles. The highest BCUT2D eigenvalue weighted by atomic mass is 16.4. The molecule has 0 aromatic carbocycles. The van der Waals surface area contributed by atoms with E-state index in [9.17, 15) is 24.3 Å². The topological polar surface area (TPSA) is 142 Å². The lowest BCUT2D eigenvalue weighted by Gasteiger charge is -2.33. The molecular formula is C22H42N4O5. The molecule has 9 heteroatoms. The number of nitrogens with one attached hydrogen (secondary N) is 2. The van der Waals surface area contributed by atoms with Crippen molar-refractivity contribution in [1.29, 1.82) is 0 Å². The van der Waals surface area contributed by atoms with Gasteiger partial charge in [-0.05, 0) is 24.2 Å². The number of hydrogen-bond donors (Lipinski definition) is 4. The lowest BCUT2D eigenvalue weighted by molar-refractivity contribution is -0.143. The van der Waals surface area contributed by atoms with Gasteiger partial charge in [0.15, 0.2) is 0 Å². The van der Waals surface area contributed by atoms with Crippen molar-refractivity contribution in [2.75, 3.05) is 13.6 Å². The second kappa shape index (κ2) is 14.0. The number of hydrogen-bond acceptors (Lipinski definition) is 5. The molecule has 5 N–H and O–H groups in total. The van der Waals surface area contributed by atoms with E-state index < -0.39 is 30.0 Å². The summed E-state index contributed by atoms with van der Waals surface area (Å²) in [4.78, 5) is 50.4. The van der Waals surface area contributed by atoms with Gasteiger partial charge in [0.05, 0.1) is 6.04 Å². The van der Waals surface area contributed by atoms with Crippen LogP contribution in [0.4, 0.5) is 0 Å². The number of aliphatic carboxylic acids is 1. The molecule has 3 amide bonds. The highest BCUT2D eigenvalue weighted by Crippen LogP contribution is 2.16. The van der Waals surface area contributed by atoms with Crippen molar-refractivity contribution in [2.45, 2.75) is 85.4 Å². The Morgan fingerprint density at radius 1 is 1.00 bits per heavy atom. The number of rotatable bonds is 14. The van der Waals surface area contributed by atoms with Crippen LogP contribution in [0.1, 0.15) is 67.2 Å². The molecule has 0 fully saturated rings. The highest BCUT2D eigenvalue weighted by Gasteiger charge is 2.33. The van der Waals surface area contributed by atoms with Gasteiger partial charge in [0.1, 0.15) is 12.1 Å². The van der Waals surface area contributed by atoms with E-state index in [1.54, 1.807) is 14.0 Å². The minimum atomic E-state index is -1.08. The zero-order chi connectivity index (χ0) is 24.3. The van der Waals surface area contributed by atoms with Gasteiger partial charge in [-0.1, -0.05) is 54.4 Å². The van der Waals surface area contributed by atoms with Gasteiger partial charge >= 0.3 is 5.97 Å². The van der Waals surface area contributed by atoms with Gasteiger partial charge in [-0.15, -0.1) is 0 Å². The zero-order valence-electron chi connectivity index (χ0n) is 20.1. The minimum absolute atomic E-state index is 0.0462. The van der Waals surface area contributed by atoms with E-state index in [1.165, 1.54) is 4.90 Å². The van der Waals surface area contributed by atoms with E-state index in [-0.39, 0.29) is 42.5 Å². The third kappa shape index (κ3) is 9.67. The van der Waals surface area contributed by atoms with Crippen molar-refractivity contribution in [3.05, 3.63) is 0 Å². The number of amides is 3. The molecule has 180 valence electrons. The largest absolute Gasteiger partial charge is 0.480 e. The van der Waals surface area contributed by atoms with Crippen molar-refractivity contribution in [3.8, 4) is 0 Å². The van der Waals surface area contributed by atoms with Crippen LogP contribution in [0.3, 0.4) is 0 Å². The zero-order valence-corrected chi connectivity index (χ0v) is 20.1. The van der Waals surface area contributed by atoms with E-state index in [1.807, 2.05) is 34.6 Å². The maximum absolute atomic E-state index is 12.8. The lowest BCUT2D eigenvalue weighted by atomic mass is 9.95. The highest BCUT2D eigenvalue weighted by molar-refractivity contribution is 5.90. The maximum atomic E-state index is 12.8. The Labute approximate surface area is 186 Å². The summed E-state index contributed by atoms with van der Waals surface area (Å²) in [5.41, 5.74) is 6.02. The van der Waals surface area contributed by atoms with Crippen molar-refractivity contribution in [2.24, 2.45) is 23.5 Å². The molecule has 0 aromatic rings. The number of nitrogens with zero attached hydrogens (tertiary/aromatic N) is 1. The van der Waals surface area contributed by atoms with Crippen molar-refractivity contribution in [1.82, 2.24) is 15.5 Å². The van der Waals surface area contributed by atoms with Gasteiger partial charge in [0.25, 0.3) is 0 Å². The molecule has 0 bridgehead atoms. The molecule has 0 radical (unpaired) electrons. The number of carbonyl (C=O) groups is 4. The summed E-state index contributed by atoms with van der Waals surface area (Å²) in [5.74, 6) is -2.22. The number of carboxylic acids is 1. The summed E-state index contributed by atoms with van der Waals surface area (Å²) in [5, 5.41) is 14.5. The number of likely N-dealkylation sites (N-methyl/N-ethyl adjacent to an activating group) is 1. The van der Waals surface area contributed by atoms with Crippen LogP contribution in [0.15, 0.2) is 0 Å². The fraction of sp³-hybridized carbons (Fsp3) is 0.818. The third-order valence-electron chi connectivity index (χ3n) is 5.71. The molecule has 0 heterocycles. The molecule has 0 unspecified atom stereocenters. The summed E-state index contributed by atoms with van der Waals surface area (Å²) < 4.78 is 0. The van der Waals surface area contributed by atoms with Crippen LogP contribution >= 0.6 is 0 Å². The van der Waals surface area contributed by atoms with Crippen LogP contribution in [0.25, 0.3) is 0 Å². The molecule has 0 spiro atoms. The molecule has 9 nitrogen and oxygen atoms in total. The number of carboxylic acid groups (broad SMARTS) is 1. The Hall–Kier alpha value is -2.16. The van der Waals surface area contributed by atoms with Gasteiger partial charge in [-0.3, -0.25) is 14.4 Å². The van der Waals surface area contributed by atoms with Crippen LogP contribution in [0.5, 0.6) is 0 Å². The normalized spacial score (nSPS) is 16.0. The predicted octanol–water partition coefficient (Wildman–Crippen LogP) is 1.35. The van der Waals surface area contributed by atoms with Gasteiger partial charge in [0.2, 0.25) is 17.7 Å². The summed E-state index contributed by atoms with van der Waals surface area (Å²) >= 11 is 0. The average Bonchev–Trinajstić information content (AvgIpc) is 2.69. The SMILES string of the molecule is CC[C@H](C)[C@@H](C(=O)NCCC(=O)N[C@@H](C(=O)O)[C@@H](C)CC)N(C)C(=O)[C@H](N)CC(C)C. The summed E-state index contributed by atoms with van der Waals surface area (Å²) in [6.45, 7) is 11.4. The van der Waals surface area contributed by atoms with Crippen LogP contribution in [-0.4, -0.2) is 65.4 Å². The fourth-order valence-electron chi connectivity index (χ4n) is 3.38. The summed E-state index contributed by atoms with van der Waals surface area (Å²) in [7, 11) is 1.58. The van der Waals surface area contributed by atoms with Crippen LogP contribution < -0.4 is 16.4 Å². The fourth-order valence-corrected chi connectivity index (χ4v) is 3.38. The molecule has 5 atom stereocenters. The van der Waals surface area contributed by atoms with Gasteiger partial charge < -0.3 is 26.4 Å². The first kappa shape index (κ1) is 28.8. The van der Waals surface area contributed by atoms with Crippen molar-refractivity contribution in [3.63, 3.8) is 0 Å². The van der Waals surface area contributed by atoms with Crippen LogP contribution in [0.2, 0.25) is 0 Å². The summed E-state index contributed by atoms with van der Waals surface area (Å²) in [6, 6.07) is -2.35. The Morgan fingerprint density at radius 2 is 1.55 bits per heavy atom. The van der Waals surface area contributed by atoms with E-state index in [4.69, 9.17) is 5.73 Å². The quantitative estimate of drug-likeness (QED) is 0.320. The minimum Gasteiger partial charge on any atom is -0.480 e. The first-order chi connectivity index (χ1) is 14.4. The van der Waals surface area contributed by atoms with E-state index in [2.05, 4.69) is 10.6 Å². The Morgan fingerprint density at radius 3 is 2.00 bits per heavy atom. The molecule has 0 aliphatic carbocycles. The molecule has 0 rings (SSSR count). The molecule has 0 aliphatic heterocycles. The van der Waals surface area contributed by atoms with Crippen molar-refractivity contribution >= 4 is 23.7 Å². The first-order valence-corrected chi connectivity index (χ1v) is 11.2. The second-order valence-corrected chi connectivity index (χ2v) is 8.83. The number of carbonyl (C=O) groups excluding carboxylic acids is 3. The lowest BCUT2D eigenvalue weighted by Crippen LogP contribution is -2.55. The van der Waals surface area contributed by atoms with E-state index in [0.29, 0.717) is 19.3 Å². The second-order valence-electron chi connectivity index (χ2n) is 8.83. The third-order valence-corrected chi connectivity index (χ3v) is 5.71. The van der Waals surface area contributed by atoms with Gasteiger partial charge in [0, 0.05) is 20.0 Å². The monoisotopic (exact) mass is 442 g/mol. The number of nitrogens with two attached hydrogens (primary N) is 1. The van der Waals surface area contributed by atoms with E-state index >= 15 is 0 Å². The molecular weight excluding hydrogens is 400 g/mol. The van der Waals surface area contributed by atoms with Gasteiger partial charge in [-0.25, -0.2) is 4.79 Å². The molecule has 0 saturated carbocycles. The molecule has 0 aromatic heterocycles. The smallest absolute Gasteiger partial charge is 0.326 e. The Bertz CT molecular complexity index is 611. The van der Waals surface area contributed by atoms with E-state index in [0.717, 1.165) is 0 Å². The van der Waals surface area contributed by atoms with Crippen molar-refractivity contribution < 1.29 is 24.3 Å². The van der Waals surface area contributed by atoms with Crippen LogP contribution in [-0.2, 0) is 19.2 Å². The predicted molar refractivity (Wildman–Crippen MR) is 120 cm³/mol.